The number of nitrogens with zero attached hydrogens (tertiary/aromatic N) is 1. The number of ether oxygens (including phenoxy) is 3. The van der Waals surface area contributed by atoms with E-state index >= 15 is 0 Å². The van der Waals surface area contributed by atoms with E-state index in [2.05, 4.69) is 12.2 Å². The molecule has 10 nitrogen and oxygen atoms in total. The van der Waals surface area contributed by atoms with E-state index in [1.807, 2.05) is 4.90 Å². The first-order chi connectivity index (χ1) is 16.7. The summed E-state index contributed by atoms with van der Waals surface area (Å²) in [4.78, 5) is 26.2. The van der Waals surface area contributed by atoms with Gasteiger partial charge in [0.15, 0.2) is 6.29 Å². The molecule has 35 heavy (non-hydrogen) atoms. The zero-order valence-electron chi connectivity index (χ0n) is 21.6. The highest BCUT2D eigenvalue weighted by Gasteiger charge is 2.32. The van der Waals surface area contributed by atoms with E-state index in [0.29, 0.717) is 25.6 Å². The summed E-state index contributed by atoms with van der Waals surface area (Å²) in [6, 6.07) is -0.642. The second kappa shape index (κ2) is 15.7. The molecule has 0 aromatic rings. The Morgan fingerprint density at radius 1 is 1.14 bits per heavy atom. The highest BCUT2D eigenvalue weighted by atomic mass is 16.7. The Hall–Kier alpha value is -1.30. The summed E-state index contributed by atoms with van der Waals surface area (Å²) >= 11 is 0. The second-order valence-corrected chi connectivity index (χ2v) is 10.1. The summed E-state index contributed by atoms with van der Waals surface area (Å²) in [7, 11) is 0. The fourth-order valence-electron chi connectivity index (χ4n) is 4.64. The minimum atomic E-state index is -1.03. The zero-order chi connectivity index (χ0) is 25.8. The topological polar surface area (TPSA) is 138 Å². The Morgan fingerprint density at radius 3 is 2.49 bits per heavy atom. The van der Waals surface area contributed by atoms with E-state index in [1.54, 1.807) is 0 Å². The molecule has 0 aromatic heterocycles. The molecule has 2 unspecified atom stereocenters. The number of hydrogen-bond donors (Lipinski definition) is 4. The molecule has 2 rings (SSSR count). The van der Waals surface area contributed by atoms with Crippen LogP contribution < -0.4 is 5.32 Å². The molecule has 4 N–H and O–H groups in total. The number of amides is 2. The molecule has 2 aliphatic rings. The third kappa shape index (κ3) is 10.3. The molecule has 2 amide bonds. The Kier molecular flexibility index (Phi) is 13.5. The highest BCUT2D eigenvalue weighted by molar-refractivity contribution is 5.76. The van der Waals surface area contributed by atoms with Crippen LogP contribution >= 0.6 is 0 Å². The number of aliphatic hydroxyl groups excluding tert-OH is 3. The number of hydrogen-bond acceptors (Lipinski definition) is 8. The molecule has 10 heteroatoms. The van der Waals surface area contributed by atoms with Crippen LogP contribution in [0.3, 0.4) is 0 Å². The second-order valence-electron chi connectivity index (χ2n) is 10.1. The molecule has 0 spiro atoms. The van der Waals surface area contributed by atoms with Crippen molar-refractivity contribution in [3.63, 3.8) is 0 Å². The molecular weight excluding hydrogens is 456 g/mol. The molecule has 5 atom stereocenters. The van der Waals surface area contributed by atoms with Crippen molar-refractivity contribution in [2.45, 2.75) is 109 Å². The lowest BCUT2D eigenvalue weighted by molar-refractivity contribution is -0.214. The van der Waals surface area contributed by atoms with Gasteiger partial charge in [0.05, 0.1) is 38.1 Å². The lowest BCUT2D eigenvalue weighted by Gasteiger charge is -2.34. The Morgan fingerprint density at radius 2 is 1.89 bits per heavy atom. The van der Waals surface area contributed by atoms with Crippen LogP contribution in [0.25, 0.3) is 0 Å². The van der Waals surface area contributed by atoms with Gasteiger partial charge >= 0.3 is 0 Å². The molecule has 2 fully saturated rings. The van der Waals surface area contributed by atoms with Gasteiger partial charge in [0, 0.05) is 26.5 Å². The molecule has 1 aliphatic heterocycles. The maximum atomic E-state index is 12.7. The normalized spacial score (nSPS) is 25.5. The van der Waals surface area contributed by atoms with E-state index < -0.39 is 37.8 Å². The first kappa shape index (κ1) is 29.9. The van der Waals surface area contributed by atoms with Crippen LogP contribution in [-0.2, 0) is 23.8 Å². The van der Waals surface area contributed by atoms with Gasteiger partial charge in [-0.1, -0.05) is 13.3 Å². The van der Waals surface area contributed by atoms with Gasteiger partial charge < -0.3 is 39.7 Å². The van der Waals surface area contributed by atoms with E-state index in [0.717, 1.165) is 51.0 Å². The predicted octanol–water partition coefficient (Wildman–Crippen LogP) is 0.951. The maximum absolute atomic E-state index is 12.7. The van der Waals surface area contributed by atoms with Crippen LogP contribution in [0.15, 0.2) is 0 Å². The summed E-state index contributed by atoms with van der Waals surface area (Å²) in [5.41, 5.74) is 0. The molecule has 1 heterocycles. The number of aliphatic hydroxyl groups is 3. The third-order valence-electron chi connectivity index (χ3n) is 6.81. The largest absolute Gasteiger partial charge is 0.394 e. The Balaban J connectivity index is 1.69. The quantitative estimate of drug-likeness (QED) is 0.170. The molecule has 0 bridgehead atoms. The minimum Gasteiger partial charge on any atom is -0.394 e. The van der Waals surface area contributed by atoms with Crippen molar-refractivity contribution in [1.29, 1.82) is 0 Å². The molecule has 204 valence electrons. The predicted molar refractivity (Wildman–Crippen MR) is 129 cm³/mol. The SMILES string of the molecule is CC(=O)N[C@@H](CO)C(OCCCCCC(=O)N1CCC[C@H]1COC1CC(C)C1)OC(CO)[C@@H](C)O. The van der Waals surface area contributed by atoms with Crippen molar-refractivity contribution < 1.29 is 39.1 Å². The fraction of sp³-hybridized carbons (Fsp3) is 0.920. The van der Waals surface area contributed by atoms with Crippen molar-refractivity contribution in [2.75, 3.05) is 33.0 Å². The van der Waals surface area contributed by atoms with Crippen molar-refractivity contribution in [3.05, 3.63) is 0 Å². The molecule has 0 radical (unpaired) electrons. The number of unbranched alkanes of at least 4 members (excludes halogenated alkanes) is 2. The van der Waals surface area contributed by atoms with Gasteiger partial charge in [0.25, 0.3) is 0 Å². The maximum Gasteiger partial charge on any atom is 0.222 e. The summed E-state index contributed by atoms with van der Waals surface area (Å²) < 4.78 is 17.4. The summed E-state index contributed by atoms with van der Waals surface area (Å²) in [5.74, 6) is 0.570. The average molecular weight is 503 g/mol. The van der Waals surface area contributed by atoms with Gasteiger partial charge in [-0.3, -0.25) is 9.59 Å². The number of likely N-dealkylation sites (tertiary alicyclic amines) is 1. The van der Waals surface area contributed by atoms with Gasteiger partial charge in [-0.15, -0.1) is 0 Å². The van der Waals surface area contributed by atoms with E-state index in [-0.39, 0.29) is 24.5 Å². The zero-order valence-corrected chi connectivity index (χ0v) is 21.6. The van der Waals surface area contributed by atoms with Crippen LogP contribution in [0, 0.1) is 5.92 Å². The fourth-order valence-corrected chi connectivity index (χ4v) is 4.64. The smallest absolute Gasteiger partial charge is 0.222 e. The standard InChI is InChI=1S/C25H46N2O8/c1-17-12-21(13-17)34-16-20-8-7-10-27(20)24(32)9-5-4-6-11-33-25(22(14-28)26-19(3)31)35-23(15-29)18(2)30/h17-18,20-23,25,28-30H,4-16H2,1-3H3,(H,26,31)/t17?,18-,20+,21?,22+,23?,25?/m1/s1. The minimum absolute atomic E-state index is 0.175. The molecule has 0 aromatic carbocycles. The first-order valence-corrected chi connectivity index (χ1v) is 13.1. The first-order valence-electron chi connectivity index (χ1n) is 13.1. The van der Waals surface area contributed by atoms with Crippen molar-refractivity contribution >= 4 is 11.8 Å². The van der Waals surface area contributed by atoms with Gasteiger partial charge in [0.2, 0.25) is 11.8 Å². The van der Waals surface area contributed by atoms with Gasteiger partial charge in [0.1, 0.15) is 12.1 Å². The molecular formula is C25H46N2O8. The Bertz CT molecular complexity index is 629. The Labute approximate surface area is 209 Å². The summed E-state index contributed by atoms with van der Waals surface area (Å²) in [6.07, 6.45) is 4.40. The van der Waals surface area contributed by atoms with Crippen LogP contribution in [0.5, 0.6) is 0 Å². The molecule has 1 saturated heterocycles. The van der Waals surface area contributed by atoms with Crippen molar-refractivity contribution in [3.8, 4) is 0 Å². The summed E-state index contributed by atoms with van der Waals surface area (Å²) in [5, 5.41) is 31.4. The third-order valence-corrected chi connectivity index (χ3v) is 6.81. The van der Waals surface area contributed by atoms with E-state index in [1.165, 1.54) is 13.8 Å². The lowest BCUT2D eigenvalue weighted by Crippen LogP contribution is -2.50. The van der Waals surface area contributed by atoms with Gasteiger partial charge in [-0.2, -0.15) is 0 Å². The number of carbonyl (C=O) groups excluding carboxylic acids is 2. The van der Waals surface area contributed by atoms with Gasteiger partial charge in [-0.25, -0.2) is 0 Å². The average Bonchev–Trinajstić information content (AvgIpc) is 3.27. The monoisotopic (exact) mass is 502 g/mol. The molecule has 1 aliphatic carbocycles. The number of nitrogens with one attached hydrogen (secondary N) is 1. The van der Waals surface area contributed by atoms with Crippen LogP contribution in [0.2, 0.25) is 0 Å². The van der Waals surface area contributed by atoms with Crippen LogP contribution in [-0.4, -0.2) is 102 Å². The highest BCUT2D eigenvalue weighted by Crippen LogP contribution is 2.30. The van der Waals surface area contributed by atoms with Crippen molar-refractivity contribution in [1.82, 2.24) is 10.2 Å². The van der Waals surface area contributed by atoms with Gasteiger partial charge in [-0.05, 0) is 51.4 Å². The lowest BCUT2D eigenvalue weighted by atomic mass is 9.84. The van der Waals surface area contributed by atoms with Crippen LogP contribution in [0.4, 0.5) is 0 Å². The summed E-state index contributed by atoms with van der Waals surface area (Å²) in [6.45, 7) is 5.91. The van der Waals surface area contributed by atoms with Crippen LogP contribution in [0.1, 0.15) is 72.1 Å². The number of rotatable bonds is 17. The van der Waals surface area contributed by atoms with E-state index in [9.17, 15) is 24.9 Å². The number of carbonyl (C=O) groups is 2. The van der Waals surface area contributed by atoms with E-state index in [4.69, 9.17) is 14.2 Å². The molecule has 1 saturated carbocycles. The van der Waals surface area contributed by atoms with Crippen molar-refractivity contribution in [2.24, 2.45) is 5.92 Å².